The monoisotopic (exact) mass is 562 g/mol. The second-order valence-electron chi connectivity index (χ2n) is 9.38. The lowest BCUT2D eigenvalue weighted by atomic mass is 9.84. The van der Waals surface area contributed by atoms with Crippen molar-refractivity contribution in [3.63, 3.8) is 0 Å². The van der Waals surface area contributed by atoms with E-state index >= 15 is 4.39 Å². The molecule has 202 valence electrons. The highest BCUT2D eigenvalue weighted by Crippen LogP contribution is 2.71. The third-order valence-corrected chi connectivity index (χ3v) is 8.42. The molecule has 12 nitrogen and oxygen atoms in total. The van der Waals surface area contributed by atoms with E-state index in [9.17, 15) is 4.39 Å². The molecule has 0 saturated heterocycles. The van der Waals surface area contributed by atoms with Gasteiger partial charge in [0.25, 0.3) is 0 Å². The van der Waals surface area contributed by atoms with Gasteiger partial charge in [-0.2, -0.15) is 15.4 Å². The number of anilines is 2. The molecular formula is C25H20F2N10O2S. The Labute approximate surface area is 228 Å². The number of oxazole rings is 1. The topological polar surface area (TPSA) is 166 Å². The van der Waals surface area contributed by atoms with E-state index in [2.05, 4.69) is 45.7 Å². The molecule has 0 unspecified atom stereocenters. The number of fused-ring (bicyclic) bond motifs is 2. The fourth-order valence-corrected chi connectivity index (χ4v) is 6.57. The first-order chi connectivity index (χ1) is 19.5. The average Bonchev–Trinajstić information content (AvgIpc) is 3.31. The Morgan fingerprint density at radius 1 is 1.20 bits per heavy atom. The standard InChI is InChI=1S/C25H20F2N10O2S/c26-12-24(17-8-25(17,40-23(28)35-24)18-9-32-37-36-18)14-7-13(1-2-15(14)27)33-22-21-16(3-4-30-22)34-19(10-31-21)39-11-20-29-5-6-38-20/h1-7,9-10,17H,8,11-12H2,(H2,28,35)(H,30,33)(H,32,36,37)/t17-,24+,25-/m0/s1. The summed E-state index contributed by atoms with van der Waals surface area (Å²) < 4.78 is 40.5. The summed E-state index contributed by atoms with van der Waals surface area (Å²) in [7, 11) is 0. The maximum absolute atomic E-state index is 15.4. The van der Waals surface area contributed by atoms with E-state index in [-0.39, 0.29) is 29.1 Å². The van der Waals surface area contributed by atoms with Crippen LogP contribution >= 0.6 is 11.8 Å². The number of nitrogens with two attached hydrogens (primary N) is 1. The zero-order valence-electron chi connectivity index (χ0n) is 20.6. The molecule has 4 N–H and O–H groups in total. The highest BCUT2D eigenvalue weighted by atomic mass is 32.2. The minimum atomic E-state index is -1.52. The van der Waals surface area contributed by atoms with Crippen LogP contribution in [0.2, 0.25) is 0 Å². The summed E-state index contributed by atoms with van der Waals surface area (Å²) in [5, 5.41) is 14.0. The lowest BCUT2D eigenvalue weighted by molar-refractivity contribution is 0.253. The van der Waals surface area contributed by atoms with Crippen molar-refractivity contribution in [1.82, 2.24) is 35.3 Å². The smallest absolute Gasteiger partial charge is 0.233 e. The zero-order valence-corrected chi connectivity index (χ0v) is 21.4. The summed E-state index contributed by atoms with van der Waals surface area (Å²) in [6, 6.07) is 6.03. The molecule has 0 bridgehead atoms. The fourth-order valence-electron chi connectivity index (χ4n) is 5.20. The number of amidine groups is 1. The number of nitrogens with zero attached hydrogens (tertiary/aromatic N) is 7. The molecule has 1 aliphatic heterocycles. The molecule has 1 saturated carbocycles. The number of nitrogens with one attached hydrogen (secondary N) is 2. The predicted molar refractivity (Wildman–Crippen MR) is 141 cm³/mol. The first kappa shape index (κ1) is 24.4. The number of hydrogen-bond acceptors (Lipinski definition) is 12. The molecule has 3 atom stereocenters. The number of H-pyrrole nitrogens is 1. The number of alkyl halides is 1. The Morgan fingerprint density at radius 2 is 2.12 bits per heavy atom. The Kier molecular flexibility index (Phi) is 5.62. The Balaban J connectivity index is 1.20. The zero-order chi connectivity index (χ0) is 27.3. The van der Waals surface area contributed by atoms with Crippen LogP contribution in [0.15, 0.2) is 64.7 Å². The van der Waals surface area contributed by atoms with Crippen LogP contribution in [0.5, 0.6) is 5.88 Å². The number of thioether (sulfide) groups is 1. The SMILES string of the molecule is NC1=N[C@](CF)(c2cc(Nc3nccc4nc(OCc5ncco5)cnc34)ccc2F)[C@@H]2C[C@]2(c2cn[nH]n2)S1. The van der Waals surface area contributed by atoms with Gasteiger partial charge in [0.2, 0.25) is 11.8 Å². The summed E-state index contributed by atoms with van der Waals surface area (Å²) in [5.74, 6) is 0.105. The number of hydrogen-bond donors (Lipinski definition) is 3. The molecule has 4 aromatic heterocycles. The number of benzene rings is 1. The molecule has 1 aliphatic carbocycles. The lowest BCUT2D eigenvalue weighted by Gasteiger charge is -2.34. The van der Waals surface area contributed by atoms with E-state index in [1.165, 1.54) is 48.6 Å². The highest BCUT2D eigenvalue weighted by molar-refractivity contribution is 8.14. The predicted octanol–water partition coefficient (Wildman–Crippen LogP) is 3.73. The third-order valence-electron chi connectivity index (χ3n) is 7.10. The van der Waals surface area contributed by atoms with Crippen LogP contribution < -0.4 is 15.8 Å². The van der Waals surface area contributed by atoms with E-state index in [1.54, 1.807) is 18.5 Å². The van der Waals surface area contributed by atoms with Gasteiger partial charge in [-0.1, -0.05) is 11.8 Å². The van der Waals surface area contributed by atoms with Gasteiger partial charge >= 0.3 is 0 Å². The Hall–Kier alpha value is -4.66. The van der Waals surface area contributed by atoms with Crippen LogP contribution in [-0.4, -0.2) is 47.2 Å². The van der Waals surface area contributed by atoms with E-state index in [1.807, 2.05) is 0 Å². The molecule has 5 heterocycles. The van der Waals surface area contributed by atoms with Gasteiger partial charge in [-0.25, -0.2) is 33.7 Å². The number of pyridine rings is 1. The quantitative estimate of drug-likeness (QED) is 0.252. The summed E-state index contributed by atoms with van der Waals surface area (Å²) >= 11 is 1.31. The second kappa shape index (κ2) is 9.22. The fraction of sp³-hybridized carbons (Fsp3) is 0.240. The van der Waals surface area contributed by atoms with Gasteiger partial charge in [0, 0.05) is 23.4 Å². The summed E-state index contributed by atoms with van der Waals surface area (Å²) in [4.78, 5) is 21.8. The van der Waals surface area contributed by atoms with Gasteiger partial charge in [0.05, 0.1) is 34.5 Å². The number of aromatic amines is 1. The van der Waals surface area contributed by atoms with Crippen LogP contribution in [0.1, 0.15) is 23.6 Å². The molecule has 7 rings (SSSR count). The maximum atomic E-state index is 15.4. The normalized spacial score (nSPS) is 23.4. The van der Waals surface area contributed by atoms with E-state index in [4.69, 9.17) is 14.9 Å². The molecule has 5 aromatic rings. The summed E-state index contributed by atoms with van der Waals surface area (Å²) in [6.45, 7) is -0.838. The van der Waals surface area contributed by atoms with E-state index < -0.39 is 22.8 Å². The average molecular weight is 563 g/mol. The van der Waals surface area contributed by atoms with Crippen LogP contribution in [0.3, 0.4) is 0 Å². The Morgan fingerprint density at radius 3 is 2.92 bits per heavy atom. The van der Waals surface area contributed by atoms with Crippen molar-refractivity contribution in [2.45, 2.75) is 23.3 Å². The first-order valence-electron chi connectivity index (χ1n) is 12.2. The molecule has 40 heavy (non-hydrogen) atoms. The van der Waals surface area contributed by atoms with Crippen LogP contribution in [0.25, 0.3) is 11.0 Å². The molecule has 0 spiro atoms. The minimum Gasteiger partial charge on any atom is -0.467 e. The molecule has 0 amide bonds. The minimum absolute atomic E-state index is 0.0900. The Bertz CT molecular complexity index is 1740. The van der Waals surface area contributed by atoms with Gasteiger partial charge in [0.1, 0.15) is 29.8 Å². The van der Waals surface area contributed by atoms with Crippen molar-refractivity contribution < 1.29 is 17.9 Å². The lowest BCUT2D eigenvalue weighted by Crippen LogP contribution is -2.39. The number of halogens is 2. The third kappa shape index (κ3) is 3.92. The van der Waals surface area contributed by atoms with Crippen molar-refractivity contribution in [3.8, 4) is 5.88 Å². The van der Waals surface area contributed by atoms with Gasteiger partial charge < -0.3 is 20.2 Å². The summed E-state index contributed by atoms with van der Waals surface area (Å²) in [5.41, 5.74) is 6.82. The van der Waals surface area contributed by atoms with Crippen LogP contribution in [0.4, 0.5) is 20.3 Å². The molecule has 1 aromatic carbocycles. The number of ether oxygens (including phenoxy) is 1. The van der Waals surface area contributed by atoms with Crippen LogP contribution in [-0.2, 0) is 16.9 Å². The van der Waals surface area contributed by atoms with Gasteiger partial charge in [-0.15, -0.1) is 0 Å². The maximum Gasteiger partial charge on any atom is 0.233 e. The number of aliphatic imine (C=N–C) groups is 1. The summed E-state index contributed by atoms with van der Waals surface area (Å²) in [6.07, 6.45) is 8.11. The van der Waals surface area contributed by atoms with Crippen molar-refractivity contribution in [2.75, 3.05) is 12.0 Å². The van der Waals surface area contributed by atoms with E-state index in [0.717, 1.165) is 0 Å². The molecule has 0 radical (unpaired) electrons. The molecular weight excluding hydrogens is 542 g/mol. The van der Waals surface area contributed by atoms with Crippen molar-refractivity contribution in [3.05, 3.63) is 78.3 Å². The van der Waals surface area contributed by atoms with Gasteiger partial charge in [-0.3, -0.25) is 0 Å². The molecule has 1 fully saturated rings. The van der Waals surface area contributed by atoms with Gasteiger partial charge in [0.15, 0.2) is 17.6 Å². The number of aromatic nitrogens is 7. The molecule has 15 heteroatoms. The van der Waals surface area contributed by atoms with E-state index in [0.29, 0.717) is 40.5 Å². The van der Waals surface area contributed by atoms with Crippen LogP contribution in [0, 0.1) is 11.7 Å². The van der Waals surface area contributed by atoms with Gasteiger partial charge in [-0.05, 0) is 30.7 Å². The highest BCUT2D eigenvalue weighted by Gasteiger charge is 2.70. The van der Waals surface area contributed by atoms with Crippen molar-refractivity contribution in [1.29, 1.82) is 0 Å². The number of rotatable bonds is 8. The molecule has 2 aliphatic rings. The first-order valence-corrected chi connectivity index (χ1v) is 13.0. The van der Waals surface area contributed by atoms with Crippen molar-refractivity contribution in [2.24, 2.45) is 16.6 Å². The van der Waals surface area contributed by atoms with Crippen molar-refractivity contribution >= 4 is 39.5 Å². The second-order valence-corrected chi connectivity index (χ2v) is 10.7. The largest absolute Gasteiger partial charge is 0.467 e.